The molecule has 12 heteroatoms. The minimum Gasteiger partial charge on any atom is -0.497 e. The van der Waals surface area contributed by atoms with Crippen molar-refractivity contribution < 1.29 is 43.2 Å². The first-order valence-electron chi connectivity index (χ1n) is 17.9. The van der Waals surface area contributed by atoms with Gasteiger partial charge in [-0.1, -0.05) is 56.3 Å². The predicted molar refractivity (Wildman–Crippen MR) is 194 cm³/mol. The second kappa shape index (κ2) is 16.9. The molecule has 2 bridgehead atoms. The van der Waals surface area contributed by atoms with Crippen molar-refractivity contribution in [3.63, 3.8) is 0 Å². The van der Waals surface area contributed by atoms with E-state index in [0.29, 0.717) is 36.3 Å². The molecule has 5 rings (SSSR count). The Morgan fingerprint density at radius 1 is 1.10 bits per heavy atom. The van der Waals surface area contributed by atoms with Crippen LogP contribution in [-0.2, 0) is 33.4 Å². The quantitative estimate of drug-likeness (QED) is 0.173. The van der Waals surface area contributed by atoms with Crippen molar-refractivity contribution in [2.24, 2.45) is 17.8 Å². The highest BCUT2D eigenvalue weighted by Gasteiger charge is 2.76. The van der Waals surface area contributed by atoms with Crippen LogP contribution in [0.5, 0.6) is 5.75 Å². The summed E-state index contributed by atoms with van der Waals surface area (Å²) in [6.07, 6.45) is 3.07. The summed E-state index contributed by atoms with van der Waals surface area (Å²) < 4.78 is 23.8. The summed E-state index contributed by atoms with van der Waals surface area (Å²) in [6.45, 7) is 11.1. The lowest BCUT2D eigenvalue weighted by atomic mass is 9.70. The first-order valence-corrected chi connectivity index (χ1v) is 17.9. The molecule has 3 aliphatic rings. The third-order valence-corrected chi connectivity index (χ3v) is 10.5. The fourth-order valence-corrected chi connectivity index (χ4v) is 8.10. The van der Waals surface area contributed by atoms with E-state index in [-0.39, 0.29) is 31.4 Å². The molecule has 1 spiro atoms. The maximum Gasteiger partial charge on any atom is 0.313 e. The number of aliphatic hydroxyl groups excluding tert-OH is 1. The van der Waals surface area contributed by atoms with E-state index in [1.807, 2.05) is 32.0 Å². The lowest BCUT2D eigenvalue weighted by Gasteiger charge is -2.40. The van der Waals surface area contributed by atoms with Crippen molar-refractivity contribution in [3.05, 3.63) is 85.5 Å². The molecule has 3 aliphatic heterocycles. The fraction of sp³-hybridized carbons (Fsp3) is 0.500. The number of benzene rings is 2. The Balaban J connectivity index is 1.53. The summed E-state index contributed by atoms with van der Waals surface area (Å²) in [7, 11) is 3.05. The van der Waals surface area contributed by atoms with E-state index in [1.54, 1.807) is 60.6 Å². The van der Waals surface area contributed by atoms with Crippen LogP contribution in [0.1, 0.15) is 51.2 Å². The molecule has 12 nitrogen and oxygen atoms in total. The van der Waals surface area contributed by atoms with Crippen LogP contribution in [-0.4, -0.2) is 97.5 Å². The molecule has 0 radical (unpaired) electrons. The fourth-order valence-electron chi connectivity index (χ4n) is 8.10. The number of fused-ring (bicyclic) bond motifs is 1. The minimum atomic E-state index is -1.34. The van der Waals surface area contributed by atoms with Gasteiger partial charge in [-0.3, -0.25) is 19.2 Å². The summed E-state index contributed by atoms with van der Waals surface area (Å²) in [5, 5.41) is 13.6. The second-order valence-electron chi connectivity index (χ2n) is 14.0. The van der Waals surface area contributed by atoms with Gasteiger partial charge < -0.3 is 39.2 Å². The highest BCUT2D eigenvalue weighted by Crippen LogP contribution is 2.59. The SMILES string of the molecule is C=CCCC(=O)N[C@@H](COC)[C@@H](OC(=O)[C@@H]1[C@@H]2CC[C@]3(O2)[C@H](C(=O)N(CC=C)c2ccc(OC)cc2)N([C@@H](CO)C(C)C)C(=O)[C@@H]13)c1ccccc1. The molecule has 0 aromatic heterocycles. The number of anilines is 1. The van der Waals surface area contributed by atoms with Crippen LogP contribution >= 0.6 is 0 Å². The molecule has 0 aliphatic carbocycles. The van der Waals surface area contributed by atoms with E-state index in [0.717, 1.165) is 0 Å². The molecule has 0 unspecified atom stereocenters. The topological polar surface area (TPSA) is 144 Å². The number of rotatable bonds is 18. The lowest BCUT2D eigenvalue weighted by Crippen LogP contribution is -2.59. The monoisotopic (exact) mass is 717 g/mol. The van der Waals surface area contributed by atoms with Crippen molar-refractivity contribution in [2.45, 2.75) is 75.5 Å². The summed E-state index contributed by atoms with van der Waals surface area (Å²) in [5.41, 5.74) is -0.145. The highest BCUT2D eigenvalue weighted by atomic mass is 16.6. The number of carbonyl (C=O) groups excluding carboxylic acids is 4. The van der Waals surface area contributed by atoms with Crippen molar-refractivity contribution in [1.29, 1.82) is 0 Å². The summed E-state index contributed by atoms with van der Waals surface area (Å²) >= 11 is 0. The van der Waals surface area contributed by atoms with Gasteiger partial charge in [0, 0.05) is 25.8 Å². The Labute approximate surface area is 305 Å². The Hall–Kier alpha value is -4.52. The molecule has 8 atom stereocenters. The smallest absolute Gasteiger partial charge is 0.313 e. The van der Waals surface area contributed by atoms with Gasteiger partial charge >= 0.3 is 5.97 Å². The molecule has 52 heavy (non-hydrogen) atoms. The van der Waals surface area contributed by atoms with Gasteiger partial charge in [0.05, 0.1) is 50.3 Å². The van der Waals surface area contributed by atoms with Crippen LogP contribution in [0.3, 0.4) is 0 Å². The van der Waals surface area contributed by atoms with E-state index in [4.69, 9.17) is 18.9 Å². The summed E-state index contributed by atoms with van der Waals surface area (Å²) in [5.74, 6) is -3.45. The Morgan fingerprint density at radius 2 is 1.81 bits per heavy atom. The second-order valence-corrected chi connectivity index (χ2v) is 14.0. The maximum atomic E-state index is 14.9. The standard InChI is InChI=1S/C40H51N3O9/c1-7-9-15-32(45)41-29(24-49-5)35(26-13-11-10-12-14-26)51-39(48)33-31-20-21-40(52-31)34(33)37(46)43(30(23-44)25(3)4)36(40)38(47)42(22-8-2)27-16-18-28(50-6)19-17-27/h7-8,10-14,16-19,25,29-31,33-36,44H,1-2,9,15,20-24H2,3-6H3,(H,41,45)/t29-,30-,31-,33+,34+,35-,36-,40+/m0/s1. The zero-order valence-electron chi connectivity index (χ0n) is 30.4. The Bertz CT molecular complexity index is 1600. The van der Waals surface area contributed by atoms with E-state index >= 15 is 0 Å². The van der Waals surface area contributed by atoms with Gasteiger partial charge in [0.2, 0.25) is 11.8 Å². The van der Waals surface area contributed by atoms with Crippen molar-refractivity contribution in [3.8, 4) is 5.75 Å². The van der Waals surface area contributed by atoms with Crippen LogP contribution in [0.4, 0.5) is 5.69 Å². The average molecular weight is 718 g/mol. The molecule has 3 fully saturated rings. The molecule has 2 N–H and O–H groups in total. The first kappa shape index (κ1) is 38.7. The van der Waals surface area contributed by atoms with Gasteiger partial charge in [0.1, 0.15) is 23.5 Å². The van der Waals surface area contributed by atoms with Gasteiger partial charge in [-0.2, -0.15) is 0 Å². The number of nitrogens with zero attached hydrogens (tertiary/aromatic N) is 2. The van der Waals surface area contributed by atoms with Gasteiger partial charge in [0.15, 0.2) is 0 Å². The molecule has 2 aromatic rings. The number of esters is 1. The van der Waals surface area contributed by atoms with Gasteiger partial charge in [-0.05, 0) is 55.0 Å². The first-order chi connectivity index (χ1) is 25.1. The number of ether oxygens (including phenoxy) is 4. The van der Waals surface area contributed by atoms with E-state index in [2.05, 4.69) is 18.5 Å². The number of likely N-dealkylation sites (tertiary alicyclic amines) is 1. The van der Waals surface area contributed by atoms with Crippen LogP contribution in [0.2, 0.25) is 0 Å². The van der Waals surface area contributed by atoms with Crippen LogP contribution in [0, 0.1) is 17.8 Å². The lowest BCUT2D eigenvalue weighted by molar-refractivity contribution is -0.163. The molecule has 0 saturated carbocycles. The summed E-state index contributed by atoms with van der Waals surface area (Å²) in [6, 6.07) is 13.4. The molecule has 3 heterocycles. The normalized spacial score (nSPS) is 24.9. The Kier molecular flexibility index (Phi) is 12.6. The van der Waals surface area contributed by atoms with E-state index < -0.39 is 72.2 Å². The number of aliphatic hydroxyl groups is 1. The largest absolute Gasteiger partial charge is 0.497 e. The molecule has 280 valence electrons. The maximum absolute atomic E-state index is 14.9. The van der Waals surface area contributed by atoms with Crippen molar-refractivity contribution in [1.82, 2.24) is 10.2 Å². The van der Waals surface area contributed by atoms with Crippen LogP contribution in [0.25, 0.3) is 0 Å². The number of carbonyl (C=O) groups is 4. The van der Waals surface area contributed by atoms with Crippen molar-refractivity contribution in [2.75, 3.05) is 38.9 Å². The average Bonchev–Trinajstić information content (AvgIpc) is 3.79. The molecular weight excluding hydrogens is 666 g/mol. The molecule has 3 amide bonds. The predicted octanol–water partition coefficient (Wildman–Crippen LogP) is 3.99. The molecule has 3 saturated heterocycles. The van der Waals surface area contributed by atoms with E-state index in [9.17, 15) is 24.3 Å². The highest BCUT2D eigenvalue weighted by molar-refractivity contribution is 6.05. The van der Waals surface area contributed by atoms with Crippen LogP contribution in [0.15, 0.2) is 79.9 Å². The number of allylic oxidation sites excluding steroid dienone is 1. The van der Waals surface area contributed by atoms with E-state index in [1.165, 1.54) is 12.0 Å². The van der Waals surface area contributed by atoms with Gasteiger partial charge in [-0.15, -0.1) is 13.2 Å². The molecule has 2 aromatic carbocycles. The van der Waals surface area contributed by atoms with Crippen molar-refractivity contribution >= 4 is 29.4 Å². The van der Waals surface area contributed by atoms with Gasteiger partial charge in [0.25, 0.3) is 5.91 Å². The zero-order chi connectivity index (χ0) is 37.6. The third-order valence-electron chi connectivity index (χ3n) is 10.5. The molecular formula is C40H51N3O9. The third kappa shape index (κ3) is 7.37. The zero-order valence-corrected chi connectivity index (χ0v) is 30.4. The number of hydrogen-bond donors (Lipinski definition) is 2. The summed E-state index contributed by atoms with van der Waals surface area (Å²) in [4.78, 5) is 60.1. The number of hydrogen-bond acceptors (Lipinski definition) is 9. The minimum absolute atomic E-state index is 0.0466. The number of nitrogens with one attached hydrogen (secondary N) is 1. The van der Waals surface area contributed by atoms with Crippen LogP contribution < -0.4 is 15.0 Å². The number of methoxy groups -OCH3 is 2. The number of amides is 3. The Morgan fingerprint density at radius 3 is 2.40 bits per heavy atom. The van der Waals surface area contributed by atoms with Gasteiger partial charge in [-0.25, -0.2) is 0 Å².